The molecule has 1 fully saturated rings. The van der Waals surface area contributed by atoms with E-state index in [4.69, 9.17) is 4.72 Å². The summed E-state index contributed by atoms with van der Waals surface area (Å²) in [5.74, 6) is 0. The van der Waals surface area contributed by atoms with Gasteiger partial charge in [0, 0.05) is 32.2 Å². The van der Waals surface area contributed by atoms with Crippen LogP contribution in [0.4, 0.5) is 4.72 Å². The van der Waals surface area contributed by atoms with Crippen LogP contribution in [0.2, 0.25) is 0 Å². The first-order chi connectivity index (χ1) is 5.70. The summed E-state index contributed by atoms with van der Waals surface area (Å²) >= 11 is 0. The van der Waals surface area contributed by atoms with Crippen molar-refractivity contribution >= 4 is 0 Å². The average Bonchev–Trinajstić information content (AvgIpc) is 2.09. The Bertz CT molecular complexity index is 104. The first-order valence-electron chi connectivity index (χ1n) is 4.50. The lowest BCUT2D eigenvalue weighted by Gasteiger charge is -2.34. The number of hydrogen-bond acceptors (Lipinski definition) is 2. The number of hydrogen-bond donors (Lipinski definition) is 0. The van der Waals surface area contributed by atoms with E-state index in [1.807, 2.05) is 0 Å². The van der Waals surface area contributed by atoms with Crippen LogP contribution in [-0.2, 0) is 0 Å². The van der Waals surface area contributed by atoms with Crippen LogP contribution in [0.1, 0.15) is 21.3 Å². The maximum Gasteiger partial charge on any atom is 0.269 e. The van der Waals surface area contributed by atoms with Gasteiger partial charge in [-0.15, -0.1) is 0 Å². The first-order valence-corrected chi connectivity index (χ1v) is 4.13. The number of halogens is 1. The molecule has 76 valence electrons. The van der Waals surface area contributed by atoms with E-state index >= 15 is 0 Å². The minimum atomic E-state index is 0. The number of piperazine rings is 1. The highest BCUT2D eigenvalue weighted by molar-refractivity contribution is 4.71. The van der Waals surface area contributed by atoms with Crippen LogP contribution in [0.25, 0.3) is 0 Å². The Morgan fingerprint density at radius 3 is 1.92 bits per heavy atom. The lowest BCUT2D eigenvalue weighted by Crippen LogP contribution is -2.47. The molecule has 1 aliphatic heterocycles. The Hall–Kier alpha value is -0.150. The van der Waals surface area contributed by atoms with Gasteiger partial charge in [-0.05, 0) is 20.9 Å². The third kappa shape index (κ3) is 4.02. The molecule has 0 unspecified atom stereocenters. The molecule has 2 nitrogen and oxygen atoms in total. The van der Waals surface area contributed by atoms with Crippen molar-refractivity contribution in [2.75, 3.05) is 33.2 Å². The van der Waals surface area contributed by atoms with Crippen LogP contribution in [0.5, 0.6) is 0 Å². The van der Waals surface area contributed by atoms with E-state index in [0.717, 1.165) is 6.04 Å². The zero-order valence-corrected chi connectivity index (χ0v) is 7.68. The topological polar surface area (TPSA) is 6.48 Å². The van der Waals surface area contributed by atoms with Crippen molar-refractivity contribution in [1.82, 2.24) is 9.80 Å². The highest BCUT2D eigenvalue weighted by Gasteiger charge is 2.15. The van der Waals surface area contributed by atoms with E-state index in [-0.39, 0.29) is 7.43 Å². The van der Waals surface area contributed by atoms with E-state index in [2.05, 4.69) is 32.1 Å². The third-order valence-electron chi connectivity index (χ3n) is 2.27. The van der Waals surface area contributed by atoms with Crippen molar-refractivity contribution in [1.29, 1.82) is 1.45 Å². The van der Waals surface area contributed by atoms with E-state index < -0.39 is 0 Å². The zero-order chi connectivity index (χ0) is 9.56. The predicted octanol–water partition coefficient (Wildman–Crippen LogP) is 1.43. The molecule has 0 aromatic rings. The van der Waals surface area contributed by atoms with Crippen LogP contribution in [0.15, 0.2) is 0 Å². The molecule has 1 rings (SSSR count). The molecule has 0 aromatic carbocycles. The van der Waals surface area contributed by atoms with Gasteiger partial charge in [-0.2, -0.15) is 0 Å². The van der Waals surface area contributed by atoms with Crippen LogP contribution >= 0.6 is 0 Å². The lowest BCUT2D eigenvalue weighted by atomic mass is 10.2. The third-order valence-corrected chi connectivity index (χ3v) is 2.27. The minimum absolute atomic E-state index is 0. The molecule has 0 atom stereocenters. The van der Waals surface area contributed by atoms with E-state index in [9.17, 15) is 0 Å². The van der Waals surface area contributed by atoms with Crippen molar-refractivity contribution in [3.05, 3.63) is 0 Å². The van der Waals surface area contributed by atoms with Crippen molar-refractivity contribution in [2.45, 2.75) is 27.3 Å². The Kier molecular flexibility index (Phi) is 6.30. The molecule has 0 radical (unpaired) electrons. The van der Waals surface area contributed by atoms with Gasteiger partial charge in [-0.3, -0.25) is 9.62 Å². The van der Waals surface area contributed by atoms with Crippen molar-refractivity contribution in [2.24, 2.45) is 0 Å². The summed E-state index contributed by atoms with van der Waals surface area (Å²) in [5.41, 5.74) is 0. The van der Waals surface area contributed by atoms with Gasteiger partial charge in [0.05, 0.1) is 0 Å². The molecule has 1 aliphatic rings. The molecule has 0 N–H and O–H groups in total. The van der Waals surface area contributed by atoms with E-state index in [0.29, 0.717) is 0 Å². The predicted molar refractivity (Wildman–Crippen MR) is 53.4 cm³/mol. The maximum atomic E-state index is 8.75. The van der Waals surface area contributed by atoms with Crippen molar-refractivity contribution in [3.8, 4) is 0 Å². The molecule has 12 heavy (non-hydrogen) atoms. The van der Waals surface area contributed by atoms with Gasteiger partial charge >= 0.3 is 0 Å². The molecule has 0 aliphatic carbocycles. The quantitative estimate of drug-likeness (QED) is 0.602. The number of rotatable bonds is 1. The van der Waals surface area contributed by atoms with Gasteiger partial charge in [-0.1, -0.05) is 7.43 Å². The molecule has 0 spiro atoms. The highest BCUT2D eigenvalue weighted by Crippen LogP contribution is 2.02. The van der Waals surface area contributed by atoms with Crippen LogP contribution < -0.4 is 0 Å². The van der Waals surface area contributed by atoms with Gasteiger partial charge in [0.2, 0.25) is 0 Å². The number of likely N-dealkylation sites (N-methyl/N-ethyl adjacent to an activating group) is 1. The Labute approximate surface area is 77.4 Å². The Morgan fingerprint density at radius 2 is 1.58 bits per heavy atom. The second-order valence-electron chi connectivity index (χ2n) is 3.43. The summed E-state index contributed by atoms with van der Waals surface area (Å²) in [7, 11) is 2.19. The molecule has 1 heterocycles. The molecule has 0 saturated carbocycles. The second-order valence-corrected chi connectivity index (χ2v) is 3.43. The van der Waals surface area contributed by atoms with Gasteiger partial charge in [0.15, 0.2) is 0 Å². The highest BCUT2D eigenvalue weighted by atomic mass is 19.0. The minimum Gasteiger partial charge on any atom is -0.304 e. The molecule has 3 heteroatoms. The number of nitrogens with zero attached hydrogens (tertiary/aromatic N) is 2. The normalized spacial score (nSPS) is 20.6. The Balaban J connectivity index is 0. The molecule has 0 aromatic heterocycles. The SMILES string of the molecule is C.CC(C)N1CCN(C)CC1.[3H]F. The summed E-state index contributed by atoms with van der Waals surface area (Å²) in [6.07, 6.45) is 0. The molecular weight excluding hydrogens is 155 g/mol. The zero-order valence-electron chi connectivity index (χ0n) is 8.68. The largest absolute Gasteiger partial charge is 0.304 e. The van der Waals surface area contributed by atoms with Gasteiger partial charge in [0.25, 0.3) is 1.45 Å². The van der Waals surface area contributed by atoms with Gasteiger partial charge in [-0.25, -0.2) is 0 Å². The average molecular weight is 180 g/mol. The summed E-state index contributed by atoms with van der Waals surface area (Å²) in [6, 6.07) is 0.730. The summed E-state index contributed by atoms with van der Waals surface area (Å²) < 4.78 is 13.0. The van der Waals surface area contributed by atoms with Crippen molar-refractivity contribution in [3.63, 3.8) is 0 Å². The van der Waals surface area contributed by atoms with Crippen molar-refractivity contribution < 1.29 is 4.72 Å². The van der Waals surface area contributed by atoms with E-state index in [1.54, 1.807) is 0 Å². The molecule has 0 amide bonds. The second kappa shape index (κ2) is 6.38. The summed E-state index contributed by atoms with van der Waals surface area (Å²) in [6.45, 7) is 9.50. The van der Waals surface area contributed by atoms with Crippen LogP contribution in [0.3, 0.4) is 0 Å². The standard InChI is InChI=1S/C8H18N2.CH4.FH/c1-8(2)10-6-4-9(3)5-7-10;;/h8H,4-7H2,1-3H3;1H4;1H/i/hT. The molecule has 0 bridgehead atoms. The van der Waals surface area contributed by atoms with Gasteiger partial charge < -0.3 is 4.90 Å². The lowest BCUT2D eigenvalue weighted by molar-refractivity contribution is 0.126. The Morgan fingerprint density at radius 1 is 1.17 bits per heavy atom. The fraction of sp³-hybridized carbons (Fsp3) is 1.00. The smallest absolute Gasteiger partial charge is 0.269 e. The summed E-state index contributed by atoms with van der Waals surface area (Å²) in [5, 5.41) is 0. The fourth-order valence-electron chi connectivity index (χ4n) is 1.34. The van der Waals surface area contributed by atoms with Gasteiger partial charge in [0.1, 0.15) is 0 Å². The maximum absolute atomic E-state index is 8.75. The molecular formula is C9H23FN2. The van der Waals surface area contributed by atoms with Crippen LogP contribution in [-0.4, -0.2) is 50.5 Å². The molecule has 1 saturated heterocycles. The van der Waals surface area contributed by atoms with Crippen LogP contribution in [0, 0.1) is 0 Å². The summed E-state index contributed by atoms with van der Waals surface area (Å²) in [4.78, 5) is 4.92. The fourth-order valence-corrected chi connectivity index (χ4v) is 1.34. The van der Waals surface area contributed by atoms with E-state index in [1.165, 1.54) is 26.2 Å². The first kappa shape index (κ1) is 11.8. The monoisotopic (exact) mass is 180 g/mol.